The normalized spacial score (nSPS) is 13.7. The summed E-state index contributed by atoms with van der Waals surface area (Å²) in [4.78, 5) is 15.1. The molecule has 0 aromatic carbocycles. The maximum atomic E-state index is 10.4. The molecule has 5 heteroatoms. The number of carboxylic acids is 1. The molecule has 0 heterocycles. The Morgan fingerprint density at radius 3 is 2.48 bits per heavy atom. The Morgan fingerprint density at radius 1 is 1.00 bits per heavy atom. The predicted molar refractivity (Wildman–Crippen MR) is 100 cm³/mol. The molecular weight excluding hydrogens is 320 g/mol. The Hall–Kier alpha value is -1.69. The molecule has 0 bridgehead atoms. The molecule has 0 rings (SSSR count). The van der Waals surface area contributed by atoms with Crippen LogP contribution in [0.1, 0.15) is 64.7 Å². The van der Waals surface area contributed by atoms with E-state index >= 15 is 0 Å². The van der Waals surface area contributed by atoms with Crippen molar-refractivity contribution in [1.29, 1.82) is 0 Å². The molecule has 5 nitrogen and oxygen atoms in total. The monoisotopic (exact) mass is 352 g/mol. The van der Waals surface area contributed by atoms with Gasteiger partial charge in [-0.3, -0.25) is 4.79 Å². The van der Waals surface area contributed by atoms with Crippen LogP contribution in [0.15, 0.2) is 48.6 Å². The summed E-state index contributed by atoms with van der Waals surface area (Å²) in [6.45, 7) is 2.18. The van der Waals surface area contributed by atoms with Gasteiger partial charge >= 0.3 is 5.97 Å². The number of hydrogen-bond donors (Lipinski definition) is 2. The number of carbonyl (C=O) groups is 1. The van der Waals surface area contributed by atoms with Gasteiger partial charge in [-0.05, 0) is 38.5 Å². The van der Waals surface area contributed by atoms with E-state index in [1.165, 1.54) is 19.3 Å². The number of rotatable bonds is 16. The Balaban J connectivity index is 3.93. The molecule has 0 saturated heterocycles. The molecule has 0 spiro atoms. The Bertz CT molecular complexity index is 424. The van der Waals surface area contributed by atoms with Crippen LogP contribution in [0.5, 0.6) is 0 Å². The third kappa shape index (κ3) is 18.5. The van der Waals surface area contributed by atoms with Gasteiger partial charge in [0.25, 0.3) is 0 Å². The van der Waals surface area contributed by atoms with Crippen LogP contribution in [0.4, 0.5) is 0 Å². The fraction of sp³-hybridized carbons (Fsp3) is 0.550. The number of unbranched alkanes of at least 4 members (excludes halogenated alkanes) is 4. The molecule has 0 amide bonds. The SMILES string of the molecule is CCCCC/C=C\C[C@@H](/C=C/C=C\C/C=C\CCCC(=O)O)OOO. The minimum Gasteiger partial charge on any atom is -0.481 e. The summed E-state index contributed by atoms with van der Waals surface area (Å²) in [6.07, 6.45) is 23.2. The molecule has 0 fully saturated rings. The summed E-state index contributed by atoms with van der Waals surface area (Å²) in [5.74, 6) is -0.752. The van der Waals surface area contributed by atoms with Crippen molar-refractivity contribution in [1.82, 2.24) is 0 Å². The first-order valence-corrected chi connectivity index (χ1v) is 9.02. The van der Waals surface area contributed by atoms with E-state index in [0.29, 0.717) is 12.8 Å². The van der Waals surface area contributed by atoms with Crippen LogP contribution in [0.25, 0.3) is 0 Å². The van der Waals surface area contributed by atoms with E-state index < -0.39 is 5.97 Å². The van der Waals surface area contributed by atoms with Gasteiger partial charge in [0, 0.05) is 6.42 Å². The van der Waals surface area contributed by atoms with E-state index in [0.717, 1.165) is 19.3 Å². The highest BCUT2D eigenvalue weighted by molar-refractivity contribution is 5.66. The Labute approximate surface area is 151 Å². The van der Waals surface area contributed by atoms with Gasteiger partial charge in [0.2, 0.25) is 0 Å². The lowest BCUT2D eigenvalue weighted by molar-refractivity contribution is -0.500. The molecule has 142 valence electrons. The molecule has 2 N–H and O–H groups in total. The summed E-state index contributed by atoms with van der Waals surface area (Å²) < 4.78 is 0. The van der Waals surface area contributed by atoms with Crippen LogP contribution in [0.3, 0.4) is 0 Å². The minimum atomic E-state index is -0.752. The van der Waals surface area contributed by atoms with Gasteiger partial charge < -0.3 is 5.11 Å². The summed E-state index contributed by atoms with van der Waals surface area (Å²) >= 11 is 0. The number of hydrogen-bond acceptors (Lipinski definition) is 4. The second-order valence-corrected chi connectivity index (χ2v) is 5.72. The molecule has 0 aromatic heterocycles. The third-order valence-corrected chi connectivity index (χ3v) is 3.45. The van der Waals surface area contributed by atoms with E-state index in [4.69, 9.17) is 15.3 Å². The molecule has 0 aliphatic carbocycles. The number of aliphatic carboxylic acids is 1. The molecule has 0 unspecified atom stereocenters. The quantitative estimate of drug-likeness (QED) is 0.124. The highest BCUT2D eigenvalue weighted by atomic mass is 17.5. The Morgan fingerprint density at radius 2 is 1.76 bits per heavy atom. The predicted octanol–water partition coefficient (Wildman–Crippen LogP) is 5.62. The van der Waals surface area contributed by atoms with E-state index in [9.17, 15) is 4.79 Å². The molecule has 0 aliphatic rings. The maximum Gasteiger partial charge on any atom is 0.303 e. The first kappa shape index (κ1) is 23.3. The first-order chi connectivity index (χ1) is 12.2. The van der Waals surface area contributed by atoms with Crippen molar-refractivity contribution in [2.24, 2.45) is 0 Å². The molecular formula is C20H32O5. The zero-order chi connectivity index (χ0) is 18.6. The molecule has 25 heavy (non-hydrogen) atoms. The van der Waals surface area contributed by atoms with E-state index in [2.05, 4.69) is 18.0 Å². The molecule has 0 radical (unpaired) electrons. The summed E-state index contributed by atoms with van der Waals surface area (Å²) in [5.41, 5.74) is 0. The second kappa shape index (κ2) is 18.6. The zero-order valence-corrected chi connectivity index (χ0v) is 15.2. The molecule has 0 saturated carbocycles. The standard InChI is InChI=1S/C20H32O5/c1-2-3-4-5-10-13-16-19(24-25-23)17-14-11-8-6-7-9-12-15-18-20(21)22/h7-11,13-14,17,19,23H,2-6,12,15-16,18H2,1H3,(H,21,22)/b9-7-,11-8-,13-10-,17-14+/t19-/m0/s1. The summed E-state index contributed by atoms with van der Waals surface area (Å²) in [6, 6.07) is 0. The van der Waals surface area contributed by atoms with Gasteiger partial charge in [-0.1, -0.05) is 73.4 Å². The van der Waals surface area contributed by atoms with Gasteiger partial charge in [0.15, 0.2) is 0 Å². The van der Waals surface area contributed by atoms with Gasteiger partial charge in [0.05, 0.1) is 0 Å². The summed E-state index contributed by atoms with van der Waals surface area (Å²) in [5, 5.41) is 20.7. The van der Waals surface area contributed by atoms with Crippen molar-refractivity contribution in [2.75, 3.05) is 0 Å². The highest BCUT2D eigenvalue weighted by Crippen LogP contribution is 2.05. The van der Waals surface area contributed by atoms with Crippen molar-refractivity contribution in [3.05, 3.63) is 48.6 Å². The van der Waals surface area contributed by atoms with Gasteiger partial charge in [-0.25, -0.2) is 5.26 Å². The van der Waals surface area contributed by atoms with Crippen LogP contribution in [-0.2, 0) is 14.7 Å². The van der Waals surface area contributed by atoms with Crippen LogP contribution < -0.4 is 0 Å². The minimum absolute atomic E-state index is 0.213. The third-order valence-electron chi connectivity index (χ3n) is 3.45. The largest absolute Gasteiger partial charge is 0.481 e. The first-order valence-electron chi connectivity index (χ1n) is 9.02. The lowest BCUT2D eigenvalue weighted by Crippen LogP contribution is -2.07. The molecule has 0 aliphatic heterocycles. The average molecular weight is 352 g/mol. The summed E-state index contributed by atoms with van der Waals surface area (Å²) in [7, 11) is 0. The lowest BCUT2D eigenvalue weighted by Gasteiger charge is -2.06. The van der Waals surface area contributed by atoms with Crippen molar-refractivity contribution in [2.45, 2.75) is 70.8 Å². The van der Waals surface area contributed by atoms with Crippen molar-refractivity contribution in [3.63, 3.8) is 0 Å². The molecule has 0 aromatic rings. The van der Waals surface area contributed by atoms with E-state index in [-0.39, 0.29) is 12.5 Å². The average Bonchev–Trinajstić information content (AvgIpc) is 2.59. The smallest absolute Gasteiger partial charge is 0.303 e. The van der Waals surface area contributed by atoms with Crippen LogP contribution in [-0.4, -0.2) is 22.4 Å². The molecule has 1 atom stereocenters. The van der Waals surface area contributed by atoms with Crippen molar-refractivity contribution in [3.8, 4) is 0 Å². The van der Waals surface area contributed by atoms with Gasteiger partial charge in [-0.15, -0.1) is 0 Å². The number of allylic oxidation sites excluding steroid dienone is 6. The lowest BCUT2D eigenvalue weighted by atomic mass is 10.1. The van der Waals surface area contributed by atoms with Gasteiger partial charge in [0.1, 0.15) is 6.10 Å². The van der Waals surface area contributed by atoms with E-state index in [1.54, 1.807) is 0 Å². The van der Waals surface area contributed by atoms with Crippen LogP contribution in [0.2, 0.25) is 0 Å². The van der Waals surface area contributed by atoms with Gasteiger partial charge in [-0.2, -0.15) is 4.89 Å². The topological polar surface area (TPSA) is 76.0 Å². The second-order valence-electron chi connectivity index (χ2n) is 5.72. The van der Waals surface area contributed by atoms with E-state index in [1.807, 2.05) is 42.5 Å². The fourth-order valence-corrected chi connectivity index (χ4v) is 2.07. The van der Waals surface area contributed by atoms with Crippen molar-refractivity contribution < 1.29 is 25.1 Å². The van der Waals surface area contributed by atoms with Crippen molar-refractivity contribution >= 4 is 5.97 Å². The number of carboxylic acid groups (broad SMARTS) is 1. The highest BCUT2D eigenvalue weighted by Gasteiger charge is 2.02. The zero-order valence-electron chi connectivity index (χ0n) is 15.2. The maximum absolute atomic E-state index is 10.4. The fourth-order valence-electron chi connectivity index (χ4n) is 2.07. The Kier molecular flexibility index (Phi) is 17.4. The van der Waals surface area contributed by atoms with Crippen LogP contribution >= 0.6 is 0 Å². The van der Waals surface area contributed by atoms with Crippen LogP contribution in [0, 0.1) is 0 Å².